The Kier molecular flexibility index (Phi) is 3.89. The van der Waals surface area contributed by atoms with E-state index in [4.69, 9.17) is 0 Å². The second-order valence-corrected chi connectivity index (χ2v) is 9.39. The van der Waals surface area contributed by atoms with Crippen LogP contribution in [-0.2, 0) is 4.79 Å². The van der Waals surface area contributed by atoms with Gasteiger partial charge in [0.1, 0.15) is 12.1 Å². The lowest BCUT2D eigenvalue weighted by molar-refractivity contribution is -0.385. The molecule has 3 amide bonds. The molecule has 148 valence electrons. The van der Waals surface area contributed by atoms with Crippen LogP contribution in [0.3, 0.4) is 0 Å². The Bertz CT molecular complexity index is 924. The summed E-state index contributed by atoms with van der Waals surface area (Å²) in [5.41, 5.74) is -0.456. The van der Waals surface area contributed by atoms with Crippen molar-refractivity contribution in [2.24, 2.45) is 10.8 Å². The van der Waals surface area contributed by atoms with Crippen molar-refractivity contribution in [2.75, 3.05) is 13.1 Å². The monoisotopic (exact) mass is 385 g/mol. The molecule has 0 N–H and O–H groups in total. The summed E-state index contributed by atoms with van der Waals surface area (Å²) in [5, 5.41) is 11.2. The molecule has 0 radical (unpaired) electrons. The second kappa shape index (κ2) is 5.86. The third-order valence-corrected chi connectivity index (χ3v) is 6.20. The SMILES string of the molecule is CC1(C)C[C@@H]2C[C@](C)(CN2C(=O)CN2C(=O)c3cccc([N+](=O)[O-])c3C2=O)C1. The average molecular weight is 385 g/mol. The number of nitro benzene ring substituents is 1. The van der Waals surface area contributed by atoms with Gasteiger partial charge in [-0.1, -0.05) is 26.8 Å². The van der Waals surface area contributed by atoms with Crippen molar-refractivity contribution in [3.63, 3.8) is 0 Å². The molecule has 0 unspecified atom stereocenters. The Labute approximate surface area is 162 Å². The maximum atomic E-state index is 13.0. The molecular formula is C20H23N3O5. The minimum absolute atomic E-state index is 0.0136. The molecule has 0 spiro atoms. The number of amides is 3. The van der Waals surface area contributed by atoms with E-state index in [2.05, 4.69) is 20.8 Å². The molecule has 8 heteroatoms. The Balaban J connectivity index is 1.57. The highest BCUT2D eigenvalue weighted by molar-refractivity contribution is 6.24. The number of hydrogen-bond donors (Lipinski definition) is 0. The van der Waals surface area contributed by atoms with Crippen LogP contribution in [0.2, 0.25) is 0 Å². The van der Waals surface area contributed by atoms with Crippen LogP contribution in [-0.4, -0.2) is 51.6 Å². The van der Waals surface area contributed by atoms with Gasteiger partial charge in [0.2, 0.25) is 5.91 Å². The number of hydrogen-bond acceptors (Lipinski definition) is 5. The van der Waals surface area contributed by atoms with Gasteiger partial charge in [-0.3, -0.25) is 29.4 Å². The first-order valence-electron chi connectivity index (χ1n) is 9.44. The molecule has 8 nitrogen and oxygen atoms in total. The summed E-state index contributed by atoms with van der Waals surface area (Å²) in [7, 11) is 0. The van der Waals surface area contributed by atoms with E-state index in [1.54, 1.807) is 4.90 Å². The highest BCUT2D eigenvalue weighted by Crippen LogP contribution is 2.52. The van der Waals surface area contributed by atoms with Gasteiger partial charge in [-0.05, 0) is 36.2 Å². The lowest BCUT2D eigenvalue weighted by Gasteiger charge is -2.39. The molecule has 1 aromatic rings. The Morgan fingerprint density at radius 3 is 2.61 bits per heavy atom. The maximum absolute atomic E-state index is 13.0. The van der Waals surface area contributed by atoms with Crippen molar-refractivity contribution >= 4 is 23.4 Å². The van der Waals surface area contributed by atoms with Gasteiger partial charge in [0, 0.05) is 18.7 Å². The lowest BCUT2D eigenvalue weighted by atomic mass is 9.65. The first-order chi connectivity index (χ1) is 13.0. The third-order valence-electron chi connectivity index (χ3n) is 6.20. The van der Waals surface area contributed by atoms with Crippen LogP contribution in [0.25, 0.3) is 0 Å². The Hall–Kier alpha value is -2.77. The molecule has 1 saturated heterocycles. The first-order valence-corrected chi connectivity index (χ1v) is 9.44. The van der Waals surface area contributed by atoms with Gasteiger partial charge in [-0.2, -0.15) is 0 Å². The molecular weight excluding hydrogens is 362 g/mol. The van der Waals surface area contributed by atoms with Crippen LogP contribution in [0.15, 0.2) is 18.2 Å². The molecule has 1 aliphatic carbocycles. The first kappa shape index (κ1) is 18.6. The van der Waals surface area contributed by atoms with Crippen molar-refractivity contribution in [1.29, 1.82) is 0 Å². The zero-order valence-corrected chi connectivity index (χ0v) is 16.2. The quantitative estimate of drug-likeness (QED) is 0.452. The van der Waals surface area contributed by atoms with Crippen LogP contribution in [0.5, 0.6) is 0 Å². The van der Waals surface area contributed by atoms with Gasteiger partial charge in [0.15, 0.2) is 0 Å². The smallest absolute Gasteiger partial charge is 0.282 e. The fourth-order valence-corrected chi connectivity index (χ4v) is 5.59. The van der Waals surface area contributed by atoms with E-state index < -0.39 is 22.4 Å². The minimum Gasteiger partial charge on any atom is -0.338 e. The Morgan fingerprint density at radius 1 is 1.21 bits per heavy atom. The van der Waals surface area contributed by atoms with Gasteiger partial charge < -0.3 is 4.90 Å². The van der Waals surface area contributed by atoms with Crippen LogP contribution < -0.4 is 0 Å². The summed E-state index contributed by atoms with van der Waals surface area (Å²) in [4.78, 5) is 51.5. The average Bonchev–Trinajstić information content (AvgIpc) is 2.98. The van der Waals surface area contributed by atoms with Crippen LogP contribution >= 0.6 is 0 Å². The predicted octanol–water partition coefficient (Wildman–Crippen LogP) is 2.62. The van der Waals surface area contributed by atoms with Gasteiger partial charge in [0.05, 0.1) is 10.5 Å². The molecule has 1 aromatic carbocycles. The summed E-state index contributed by atoms with van der Waals surface area (Å²) in [6.07, 6.45) is 2.84. The van der Waals surface area contributed by atoms with Gasteiger partial charge in [-0.25, -0.2) is 0 Å². The van der Waals surface area contributed by atoms with E-state index in [-0.39, 0.29) is 40.5 Å². The summed E-state index contributed by atoms with van der Waals surface area (Å²) in [5.74, 6) is -1.69. The fraction of sp³-hybridized carbons (Fsp3) is 0.550. The molecule has 28 heavy (non-hydrogen) atoms. The molecule has 3 aliphatic rings. The topological polar surface area (TPSA) is 101 Å². The number of fused-ring (bicyclic) bond motifs is 3. The molecule has 2 bridgehead atoms. The number of benzene rings is 1. The zero-order chi connectivity index (χ0) is 20.4. The van der Waals surface area contributed by atoms with E-state index in [1.165, 1.54) is 18.2 Å². The van der Waals surface area contributed by atoms with Crippen LogP contribution in [0.1, 0.15) is 60.7 Å². The van der Waals surface area contributed by atoms with Gasteiger partial charge >= 0.3 is 0 Å². The van der Waals surface area contributed by atoms with Crippen molar-refractivity contribution in [3.05, 3.63) is 39.4 Å². The molecule has 4 rings (SSSR count). The molecule has 1 saturated carbocycles. The summed E-state index contributed by atoms with van der Waals surface area (Å²) in [6.45, 7) is 6.82. The second-order valence-electron chi connectivity index (χ2n) is 9.39. The highest BCUT2D eigenvalue weighted by atomic mass is 16.6. The number of imide groups is 1. The zero-order valence-electron chi connectivity index (χ0n) is 16.2. The number of carbonyl (C=O) groups excluding carboxylic acids is 3. The number of nitrogens with zero attached hydrogens (tertiary/aromatic N) is 3. The maximum Gasteiger partial charge on any atom is 0.282 e. The highest BCUT2D eigenvalue weighted by Gasteiger charge is 2.51. The van der Waals surface area contributed by atoms with Crippen LogP contribution in [0.4, 0.5) is 5.69 Å². The third kappa shape index (κ3) is 2.78. The Morgan fingerprint density at radius 2 is 1.93 bits per heavy atom. The van der Waals surface area contributed by atoms with Gasteiger partial charge in [0.25, 0.3) is 17.5 Å². The molecule has 2 atom stereocenters. The molecule has 2 fully saturated rings. The normalized spacial score (nSPS) is 27.9. The lowest BCUT2D eigenvalue weighted by Crippen LogP contribution is -2.45. The van der Waals surface area contributed by atoms with Gasteiger partial charge in [-0.15, -0.1) is 0 Å². The predicted molar refractivity (Wildman–Crippen MR) is 99.7 cm³/mol. The van der Waals surface area contributed by atoms with E-state index in [0.29, 0.717) is 6.54 Å². The number of rotatable bonds is 3. The van der Waals surface area contributed by atoms with Crippen molar-refractivity contribution < 1.29 is 19.3 Å². The molecule has 0 aromatic heterocycles. The standard InChI is InChI=1S/C20H23N3O5/c1-19(2)7-12-8-20(3,10-19)11-22(12)15(24)9-21-17(25)13-5-4-6-14(23(27)28)16(13)18(21)26/h4-6,12H,7-11H2,1-3H3/t12-,20+/m1/s1. The van der Waals surface area contributed by atoms with Crippen molar-refractivity contribution in [1.82, 2.24) is 9.80 Å². The van der Waals surface area contributed by atoms with E-state index in [9.17, 15) is 24.5 Å². The van der Waals surface area contributed by atoms with Crippen molar-refractivity contribution in [2.45, 2.75) is 46.1 Å². The summed E-state index contributed by atoms with van der Waals surface area (Å²) in [6, 6.07) is 4.06. The number of nitro groups is 1. The largest absolute Gasteiger partial charge is 0.338 e. The van der Waals surface area contributed by atoms with Crippen LogP contribution in [0, 0.1) is 20.9 Å². The van der Waals surface area contributed by atoms with E-state index in [0.717, 1.165) is 24.2 Å². The van der Waals surface area contributed by atoms with E-state index in [1.807, 2.05) is 0 Å². The summed E-state index contributed by atoms with van der Waals surface area (Å²) < 4.78 is 0. The van der Waals surface area contributed by atoms with E-state index >= 15 is 0 Å². The van der Waals surface area contributed by atoms with Crippen molar-refractivity contribution in [3.8, 4) is 0 Å². The number of likely N-dealkylation sites (tertiary alicyclic amines) is 1. The summed E-state index contributed by atoms with van der Waals surface area (Å²) >= 11 is 0. The fourth-order valence-electron chi connectivity index (χ4n) is 5.59. The number of carbonyl (C=O) groups is 3. The minimum atomic E-state index is -0.769. The molecule has 2 aliphatic heterocycles. The molecule has 2 heterocycles.